The number of hydrogen-bond donors (Lipinski definition) is 1. The van der Waals surface area contributed by atoms with E-state index in [1.54, 1.807) is 23.6 Å². The fourth-order valence-electron chi connectivity index (χ4n) is 1.93. The lowest BCUT2D eigenvalue weighted by atomic mass is 10.0. The third-order valence-electron chi connectivity index (χ3n) is 2.75. The van der Waals surface area contributed by atoms with Gasteiger partial charge in [0.1, 0.15) is 10.8 Å². The first-order valence-electron chi connectivity index (χ1n) is 5.99. The van der Waals surface area contributed by atoms with Crippen LogP contribution < -0.4 is 5.32 Å². The van der Waals surface area contributed by atoms with Gasteiger partial charge in [0.25, 0.3) is 0 Å². The lowest BCUT2D eigenvalue weighted by Crippen LogP contribution is -2.29. The van der Waals surface area contributed by atoms with Gasteiger partial charge >= 0.3 is 0 Å². The number of nitrogens with one attached hydrogen (secondary N) is 1. The van der Waals surface area contributed by atoms with Crippen molar-refractivity contribution in [3.05, 3.63) is 51.7 Å². The number of benzene rings is 1. The highest BCUT2D eigenvalue weighted by atomic mass is 32.1. The third kappa shape index (κ3) is 2.94. The van der Waals surface area contributed by atoms with E-state index in [-0.39, 0.29) is 11.9 Å². The Morgan fingerprint density at radius 2 is 2.11 bits per heavy atom. The van der Waals surface area contributed by atoms with Crippen molar-refractivity contribution < 1.29 is 4.39 Å². The summed E-state index contributed by atoms with van der Waals surface area (Å²) in [7, 11) is 0. The lowest BCUT2D eigenvalue weighted by Gasteiger charge is -2.21. The molecule has 0 aliphatic rings. The largest absolute Gasteiger partial charge is 0.302 e. The zero-order chi connectivity index (χ0) is 13.1. The van der Waals surface area contributed by atoms with E-state index >= 15 is 0 Å². The third-order valence-corrected chi connectivity index (χ3v) is 3.59. The molecular formula is C14H17FN2S. The van der Waals surface area contributed by atoms with Crippen LogP contribution in [-0.4, -0.2) is 11.0 Å². The minimum Gasteiger partial charge on any atom is -0.302 e. The summed E-state index contributed by atoms with van der Waals surface area (Å²) >= 11 is 1.59. The average Bonchev–Trinajstić information content (AvgIpc) is 2.82. The average molecular weight is 264 g/mol. The molecule has 0 spiro atoms. The molecule has 0 radical (unpaired) electrons. The molecule has 18 heavy (non-hydrogen) atoms. The van der Waals surface area contributed by atoms with Crippen LogP contribution in [0.4, 0.5) is 4.39 Å². The van der Waals surface area contributed by atoms with Gasteiger partial charge in [-0.1, -0.05) is 6.07 Å². The van der Waals surface area contributed by atoms with Crippen molar-refractivity contribution in [1.82, 2.24) is 10.3 Å². The highest BCUT2D eigenvalue weighted by Crippen LogP contribution is 2.27. The predicted octanol–water partition coefficient (Wildman–Crippen LogP) is 3.68. The summed E-state index contributed by atoms with van der Waals surface area (Å²) in [6.45, 7) is 6.15. The van der Waals surface area contributed by atoms with Crippen molar-refractivity contribution >= 4 is 11.3 Å². The van der Waals surface area contributed by atoms with E-state index in [1.165, 1.54) is 6.07 Å². The van der Waals surface area contributed by atoms with Crippen molar-refractivity contribution in [3.63, 3.8) is 0 Å². The monoisotopic (exact) mass is 264 g/mol. The van der Waals surface area contributed by atoms with Crippen LogP contribution in [0, 0.1) is 12.7 Å². The van der Waals surface area contributed by atoms with E-state index < -0.39 is 0 Å². The molecule has 0 aliphatic carbocycles. The van der Waals surface area contributed by atoms with Gasteiger partial charge in [0.05, 0.1) is 6.04 Å². The second-order valence-corrected chi connectivity index (χ2v) is 5.55. The molecule has 0 bridgehead atoms. The van der Waals surface area contributed by atoms with Gasteiger partial charge in [-0.2, -0.15) is 0 Å². The summed E-state index contributed by atoms with van der Waals surface area (Å²) in [6.07, 6.45) is 1.78. The van der Waals surface area contributed by atoms with E-state index in [0.717, 1.165) is 16.1 Å². The van der Waals surface area contributed by atoms with Crippen LogP contribution in [0.2, 0.25) is 0 Å². The number of aromatic nitrogens is 1. The number of rotatable bonds is 4. The topological polar surface area (TPSA) is 24.9 Å². The minimum absolute atomic E-state index is 0.0410. The van der Waals surface area contributed by atoms with Gasteiger partial charge in [0, 0.05) is 17.6 Å². The molecule has 1 aromatic heterocycles. The van der Waals surface area contributed by atoms with E-state index in [0.29, 0.717) is 6.04 Å². The zero-order valence-electron chi connectivity index (χ0n) is 10.8. The fraction of sp³-hybridized carbons (Fsp3) is 0.357. The molecule has 1 atom stereocenters. The molecule has 1 unspecified atom stereocenters. The van der Waals surface area contributed by atoms with Crippen molar-refractivity contribution in [1.29, 1.82) is 0 Å². The summed E-state index contributed by atoms with van der Waals surface area (Å²) in [5.74, 6) is -0.206. The number of hydrogen-bond acceptors (Lipinski definition) is 3. The fourth-order valence-corrected chi connectivity index (χ4v) is 2.64. The second kappa shape index (κ2) is 5.59. The molecule has 0 fully saturated rings. The maximum atomic E-state index is 13.4. The van der Waals surface area contributed by atoms with Gasteiger partial charge in [-0.05, 0) is 44.0 Å². The van der Waals surface area contributed by atoms with Crippen LogP contribution in [0.1, 0.15) is 36.0 Å². The summed E-state index contributed by atoms with van der Waals surface area (Å²) < 4.78 is 13.4. The Kier molecular flexibility index (Phi) is 4.09. The number of thiazole rings is 1. The molecule has 4 heteroatoms. The Labute approximate surface area is 111 Å². The molecule has 1 heterocycles. The quantitative estimate of drug-likeness (QED) is 0.911. The van der Waals surface area contributed by atoms with Crippen molar-refractivity contribution in [2.45, 2.75) is 32.9 Å². The maximum Gasteiger partial charge on any atom is 0.123 e. The Bertz CT molecular complexity index is 509. The first-order chi connectivity index (χ1) is 8.58. The summed E-state index contributed by atoms with van der Waals surface area (Å²) in [6, 6.07) is 5.17. The van der Waals surface area contributed by atoms with E-state index in [9.17, 15) is 4.39 Å². The molecular weight excluding hydrogens is 247 g/mol. The zero-order valence-corrected chi connectivity index (χ0v) is 11.6. The van der Waals surface area contributed by atoms with Crippen molar-refractivity contribution in [2.75, 3.05) is 0 Å². The molecule has 2 aromatic rings. The molecule has 0 saturated heterocycles. The Hall–Kier alpha value is -1.26. The van der Waals surface area contributed by atoms with Crippen LogP contribution in [0.5, 0.6) is 0 Å². The van der Waals surface area contributed by atoms with Crippen LogP contribution in [0.15, 0.2) is 29.8 Å². The highest BCUT2D eigenvalue weighted by Gasteiger charge is 2.19. The van der Waals surface area contributed by atoms with E-state index in [1.807, 2.05) is 18.4 Å². The van der Waals surface area contributed by atoms with Gasteiger partial charge in [0.2, 0.25) is 0 Å². The molecule has 1 aromatic carbocycles. The second-order valence-electron chi connectivity index (χ2n) is 4.63. The molecule has 0 aliphatic heterocycles. The Morgan fingerprint density at radius 3 is 2.72 bits per heavy atom. The normalized spacial score (nSPS) is 12.9. The molecule has 1 N–H and O–H groups in total. The molecule has 96 valence electrons. The lowest BCUT2D eigenvalue weighted by molar-refractivity contribution is 0.521. The summed E-state index contributed by atoms with van der Waals surface area (Å²) in [5.41, 5.74) is 2.03. The van der Waals surface area contributed by atoms with Crippen LogP contribution in [-0.2, 0) is 0 Å². The number of halogens is 1. The Balaban J connectivity index is 2.42. The highest BCUT2D eigenvalue weighted by molar-refractivity contribution is 7.09. The smallest absolute Gasteiger partial charge is 0.123 e. The van der Waals surface area contributed by atoms with Gasteiger partial charge < -0.3 is 5.32 Å². The SMILES string of the molecule is Cc1ccc(F)cc1C(NC(C)C)c1nccs1. The maximum absolute atomic E-state index is 13.4. The Morgan fingerprint density at radius 1 is 1.33 bits per heavy atom. The molecule has 0 saturated carbocycles. The van der Waals surface area contributed by atoms with Gasteiger partial charge in [0.15, 0.2) is 0 Å². The van der Waals surface area contributed by atoms with Crippen LogP contribution in [0.25, 0.3) is 0 Å². The van der Waals surface area contributed by atoms with Crippen LogP contribution >= 0.6 is 11.3 Å². The van der Waals surface area contributed by atoms with Gasteiger partial charge in [-0.15, -0.1) is 11.3 Å². The van der Waals surface area contributed by atoms with Gasteiger partial charge in [-0.25, -0.2) is 9.37 Å². The molecule has 2 nitrogen and oxygen atoms in total. The van der Waals surface area contributed by atoms with Gasteiger partial charge in [-0.3, -0.25) is 0 Å². The predicted molar refractivity (Wildman–Crippen MR) is 73.4 cm³/mol. The first-order valence-corrected chi connectivity index (χ1v) is 6.87. The minimum atomic E-state index is -0.206. The number of nitrogens with zero attached hydrogens (tertiary/aromatic N) is 1. The molecule has 0 amide bonds. The molecule has 2 rings (SSSR count). The standard InChI is InChI=1S/C14H17FN2S/c1-9(2)17-13(14-16-6-7-18-14)12-8-11(15)5-4-10(12)3/h4-9,13,17H,1-3H3. The van der Waals surface area contributed by atoms with Crippen molar-refractivity contribution in [3.8, 4) is 0 Å². The number of aryl methyl sites for hydroxylation is 1. The van der Waals surface area contributed by atoms with Crippen molar-refractivity contribution in [2.24, 2.45) is 0 Å². The van der Waals surface area contributed by atoms with E-state index in [4.69, 9.17) is 0 Å². The van der Waals surface area contributed by atoms with E-state index in [2.05, 4.69) is 24.1 Å². The first kappa shape index (κ1) is 13.2. The summed E-state index contributed by atoms with van der Waals surface area (Å²) in [4.78, 5) is 4.35. The summed E-state index contributed by atoms with van der Waals surface area (Å²) in [5, 5.41) is 6.36. The van der Waals surface area contributed by atoms with Crippen LogP contribution in [0.3, 0.4) is 0 Å².